The van der Waals surface area contributed by atoms with Crippen molar-refractivity contribution < 1.29 is 9.53 Å². The SMILES string of the molecule is CCC(C)(C)Oc1ccc(C(=O)c2cccc(CC(C)C)c2)cc1. The number of ether oxygens (including phenoxy) is 1. The summed E-state index contributed by atoms with van der Waals surface area (Å²) in [7, 11) is 0. The van der Waals surface area contributed by atoms with Gasteiger partial charge >= 0.3 is 0 Å². The molecule has 24 heavy (non-hydrogen) atoms. The van der Waals surface area contributed by atoms with E-state index in [0.717, 1.165) is 24.2 Å². The summed E-state index contributed by atoms with van der Waals surface area (Å²) in [4.78, 5) is 12.7. The Bertz CT molecular complexity index is 681. The van der Waals surface area contributed by atoms with Crippen molar-refractivity contribution >= 4 is 5.78 Å². The van der Waals surface area contributed by atoms with E-state index in [2.05, 4.69) is 40.7 Å². The smallest absolute Gasteiger partial charge is 0.193 e. The summed E-state index contributed by atoms with van der Waals surface area (Å²) < 4.78 is 5.94. The predicted molar refractivity (Wildman–Crippen MR) is 99.9 cm³/mol. The second kappa shape index (κ2) is 7.65. The van der Waals surface area contributed by atoms with Crippen LogP contribution in [0.5, 0.6) is 5.75 Å². The molecule has 128 valence electrons. The summed E-state index contributed by atoms with van der Waals surface area (Å²) in [5.74, 6) is 1.43. The molecule has 0 aliphatic rings. The Morgan fingerprint density at radius 1 is 1.04 bits per heavy atom. The fourth-order valence-electron chi connectivity index (χ4n) is 2.54. The molecule has 0 saturated carbocycles. The fraction of sp³-hybridized carbons (Fsp3) is 0.409. The monoisotopic (exact) mass is 324 g/mol. The number of ketones is 1. The molecule has 2 aromatic rings. The van der Waals surface area contributed by atoms with Crippen LogP contribution in [0.3, 0.4) is 0 Å². The standard InChI is InChI=1S/C22H28O2/c1-6-22(4,5)24-20-12-10-18(11-13-20)21(23)19-9-7-8-17(15-19)14-16(2)3/h7-13,15-16H,6,14H2,1-5H3. The Kier molecular flexibility index (Phi) is 5.82. The van der Waals surface area contributed by atoms with Gasteiger partial charge in [0.05, 0.1) is 0 Å². The molecule has 0 radical (unpaired) electrons. The lowest BCUT2D eigenvalue weighted by molar-refractivity contribution is 0.103. The van der Waals surface area contributed by atoms with Gasteiger partial charge in [-0.05, 0) is 68.5 Å². The lowest BCUT2D eigenvalue weighted by atomic mass is 9.97. The normalized spacial score (nSPS) is 11.6. The molecule has 0 heterocycles. The van der Waals surface area contributed by atoms with Crippen LogP contribution in [0.4, 0.5) is 0 Å². The molecule has 0 aliphatic carbocycles. The van der Waals surface area contributed by atoms with Gasteiger partial charge in [-0.2, -0.15) is 0 Å². The largest absolute Gasteiger partial charge is 0.488 e. The van der Waals surface area contributed by atoms with E-state index >= 15 is 0 Å². The van der Waals surface area contributed by atoms with E-state index in [4.69, 9.17) is 4.74 Å². The molecule has 0 aromatic heterocycles. The van der Waals surface area contributed by atoms with Crippen LogP contribution in [0.2, 0.25) is 0 Å². The second-order valence-corrected chi connectivity index (χ2v) is 7.37. The molecule has 0 saturated heterocycles. The molecule has 2 nitrogen and oxygen atoms in total. The molecule has 0 fully saturated rings. The molecule has 0 bridgehead atoms. The first kappa shape index (κ1) is 18.3. The minimum absolute atomic E-state index is 0.0573. The third-order valence-corrected chi connectivity index (χ3v) is 4.20. The van der Waals surface area contributed by atoms with E-state index in [-0.39, 0.29) is 11.4 Å². The topological polar surface area (TPSA) is 26.3 Å². The summed E-state index contributed by atoms with van der Waals surface area (Å²) in [5, 5.41) is 0. The van der Waals surface area contributed by atoms with Gasteiger partial charge < -0.3 is 4.74 Å². The maximum atomic E-state index is 12.7. The first-order valence-corrected chi connectivity index (χ1v) is 8.73. The van der Waals surface area contributed by atoms with E-state index in [1.165, 1.54) is 5.56 Å². The lowest BCUT2D eigenvalue weighted by Gasteiger charge is -2.24. The summed E-state index contributed by atoms with van der Waals surface area (Å²) in [5.41, 5.74) is 2.45. The molecular weight excluding hydrogens is 296 g/mol. The maximum Gasteiger partial charge on any atom is 0.193 e. The molecule has 0 amide bonds. The molecule has 0 unspecified atom stereocenters. The molecule has 2 rings (SSSR count). The summed E-state index contributed by atoms with van der Waals surface area (Å²) in [6.07, 6.45) is 1.91. The highest BCUT2D eigenvalue weighted by molar-refractivity contribution is 6.09. The first-order valence-electron chi connectivity index (χ1n) is 8.73. The van der Waals surface area contributed by atoms with Crippen molar-refractivity contribution in [3.8, 4) is 5.75 Å². The van der Waals surface area contributed by atoms with Crippen LogP contribution in [0.1, 0.15) is 62.5 Å². The van der Waals surface area contributed by atoms with Crippen molar-refractivity contribution in [2.45, 2.75) is 53.1 Å². The lowest BCUT2D eigenvalue weighted by Crippen LogP contribution is -2.26. The third-order valence-electron chi connectivity index (χ3n) is 4.20. The Morgan fingerprint density at radius 3 is 2.29 bits per heavy atom. The Balaban J connectivity index is 2.15. The summed E-state index contributed by atoms with van der Waals surface area (Å²) in [6, 6.07) is 15.4. The van der Waals surface area contributed by atoms with Gasteiger partial charge in [0.15, 0.2) is 5.78 Å². The van der Waals surface area contributed by atoms with E-state index in [1.54, 1.807) is 0 Å². The van der Waals surface area contributed by atoms with Crippen LogP contribution in [0.25, 0.3) is 0 Å². The number of carbonyl (C=O) groups excluding carboxylic acids is 1. The van der Waals surface area contributed by atoms with Gasteiger partial charge in [-0.25, -0.2) is 0 Å². The predicted octanol–water partition coefficient (Wildman–Crippen LogP) is 5.68. The van der Waals surface area contributed by atoms with Crippen LogP contribution in [0, 0.1) is 5.92 Å². The molecule has 2 aromatic carbocycles. The maximum absolute atomic E-state index is 12.7. The number of rotatable bonds is 7. The molecular formula is C22H28O2. The quantitative estimate of drug-likeness (QED) is 0.612. The zero-order chi connectivity index (χ0) is 17.7. The van der Waals surface area contributed by atoms with Gasteiger partial charge in [-0.3, -0.25) is 4.79 Å². The Hall–Kier alpha value is -2.09. The number of carbonyl (C=O) groups is 1. The summed E-state index contributed by atoms with van der Waals surface area (Å²) in [6.45, 7) is 10.6. The average molecular weight is 324 g/mol. The van der Waals surface area contributed by atoms with E-state index in [1.807, 2.05) is 42.5 Å². The van der Waals surface area contributed by atoms with Crippen molar-refractivity contribution in [3.05, 3.63) is 65.2 Å². The van der Waals surface area contributed by atoms with Gasteiger partial charge in [0.2, 0.25) is 0 Å². The van der Waals surface area contributed by atoms with E-state index < -0.39 is 0 Å². The third kappa shape index (κ3) is 4.95. The molecule has 0 atom stereocenters. The zero-order valence-electron chi connectivity index (χ0n) is 15.4. The number of hydrogen-bond acceptors (Lipinski definition) is 2. The summed E-state index contributed by atoms with van der Waals surface area (Å²) >= 11 is 0. The van der Waals surface area contributed by atoms with Crippen LogP contribution >= 0.6 is 0 Å². The number of hydrogen-bond donors (Lipinski definition) is 0. The van der Waals surface area contributed by atoms with Crippen molar-refractivity contribution in [1.29, 1.82) is 0 Å². The molecule has 0 N–H and O–H groups in total. The Morgan fingerprint density at radius 2 is 1.71 bits per heavy atom. The fourth-order valence-corrected chi connectivity index (χ4v) is 2.54. The highest BCUT2D eigenvalue weighted by atomic mass is 16.5. The van der Waals surface area contributed by atoms with Crippen LogP contribution in [-0.2, 0) is 6.42 Å². The number of benzene rings is 2. The molecule has 0 aliphatic heterocycles. The van der Waals surface area contributed by atoms with Crippen molar-refractivity contribution in [1.82, 2.24) is 0 Å². The van der Waals surface area contributed by atoms with E-state index in [9.17, 15) is 4.79 Å². The molecule has 0 spiro atoms. The van der Waals surface area contributed by atoms with Crippen LogP contribution in [0.15, 0.2) is 48.5 Å². The van der Waals surface area contributed by atoms with Gasteiger partial charge in [0.25, 0.3) is 0 Å². The Labute approximate surface area is 145 Å². The van der Waals surface area contributed by atoms with Crippen LogP contribution < -0.4 is 4.74 Å². The minimum atomic E-state index is -0.198. The highest BCUT2D eigenvalue weighted by Gasteiger charge is 2.17. The zero-order valence-corrected chi connectivity index (χ0v) is 15.4. The van der Waals surface area contributed by atoms with E-state index in [0.29, 0.717) is 11.5 Å². The molecule has 2 heteroatoms. The highest BCUT2D eigenvalue weighted by Crippen LogP contribution is 2.22. The van der Waals surface area contributed by atoms with Crippen molar-refractivity contribution in [2.75, 3.05) is 0 Å². The van der Waals surface area contributed by atoms with Gasteiger partial charge in [0.1, 0.15) is 11.4 Å². The second-order valence-electron chi connectivity index (χ2n) is 7.37. The van der Waals surface area contributed by atoms with Gasteiger partial charge in [-0.1, -0.05) is 39.0 Å². The van der Waals surface area contributed by atoms with Crippen molar-refractivity contribution in [2.24, 2.45) is 5.92 Å². The van der Waals surface area contributed by atoms with Gasteiger partial charge in [0, 0.05) is 11.1 Å². The average Bonchev–Trinajstić information content (AvgIpc) is 2.54. The van der Waals surface area contributed by atoms with Crippen LogP contribution in [-0.4, -0.2) is 11.4 Å². The minimum Gasteiger partial charge on any atom is -0.488 e. The van der Waals surface area contributed by atoms with Gasteiger partial charge in [-0.15, -0.1) is 0 Å². The first-order chi connectivity index (χ1) is 11.3. The van der Waals surface area contributed by atoms with Crippen molar-refractivity contribution in [3.63, 3.8) is 0 Å².